The van der Waals surface area contributed by atoms with E-state index in [2.05, 4.69) is 5.43 Å². The molecule has 0 heterocycles. The minimum atomic E-state index is -0.666. The summed E-state index contributed by atoms with van der Waals surface area (Å²) < 4.78 is 5.37. The molecular formula is C23H30N2O4. The van der Waals surface area contributed by atoms with Gasteiger partial charge in [0.1, 0.15) is 5.75 Å². The second kappa shape index (κ2) is 9.09. The molecule has 2 rings (SSSR count). The van der Waals surface area contributed by atoms with E-state index >= 15 is 0 Å². The van der Waals surface area contributed by atoms with E-state index in [1.807, 2.05) is 46.8 Å². The van der Waals surface area contributed by atoms with Crippen LogP contribution in [0.3, 0.4) is 0 Å². The summed E-state index contributed by atoms with van der Waals surface area (Å²) in [7, 11) is 1.57. The maximum Gasteiger partial charge on any atom is 0.272 e. The van der Waals surface area contributed by atoms with Crippen LogP contribution in [0.4, 0.5) is 0 Å². The van der Waals surface area contributed by atoms with Crippen molar-refractivity contribution in [3.63, 3.8) is 0 Å². The second-order valence-corrected chi connectivity index (χ2v) is 7.96. The Balaban J connectivity index is 2.41. The molecular weight excluding hydrogens is 368 g/mol. The molecule has 0 bridgehead atoms. The molecule has 0 unspecified atom stereocenters. The third kappa shape index (κ3) is 5.15. The van der Waals surface area contributed by atoms with Gasteiger partial charge in [-0.2, -0.15) is 0 Å². The summed E-state index contributed by atoms with van der Waals surface area (Å²) in [6.07, 6.45) is 0.619. The van der Waals surface area contributed by atoms with Crippen molar-refractivity contribution in [2.75, 3.05) is 7.11 Å². The fourth-order valence-electron chi connectivity index (χ4n) is 3.23. The highest BCUT2D eigenvalue weighted by molar-refractivity contribution is 6.00. The molecule has 0 atom stereocenters. The molecule has 0 aliphatic rings. The predicted molar refractivity (Wildman–Crippen MR) is 113 cm³/mol. The van der Waals surface area contributed by atoms with Crippen molar-refractivity contribution in [2.24, 2.45) is 0 Å². The number of hydrogen-bond donors (Lipinski definition) is 2. The summed E-state index contributed by atoms with van der Waals surface area (Å²) >= 11 is 0. The third-order valence-electron chi connectivity index (χ3n) is 4.61. The Morgan fingerprint density at radius 3 is 2.41 bits per heavy atom. The Morgan fingerprint density at radius 1 is 1.17 bits per heavy atom. The lowest BCUT2D eigenvalue weighted by molar-refractivity contribution is 0.0358. The van der Waals surface area contributed by atoms with Crippen molar-refractivity contribution >= 4 is 11.8 Å². The van der Waals surface area contributed by atoms with Crippen LogP contribution >= 0.6 is 0 Å². The molecule has 0 aliphatic carbocycles. The zero-order valence-electron chi connectivity index (χ0n) is 18.0. The zero-order chi connectivity index (χ0) is 21.8. The minimum absolute atomic E-state index is 0.159. The molecule has 0 spiro atoms. The van der Waals surface area contributed by atoms with Gasteiger partial charge >= 0.3 is 0 Å². The van der Waals surface area contributed by atoms with Crippen LogP contribution in [0.25, 0.3) is 0 Å². The van der Waals surface area contributed by atoms with Gasteiger partial charge in [0.2, 0.25) is 0 Å². The smallest absolute Gasteiger partial charge is 0.272 e. The Kier molecular flexibility index (Phi) is 7.03. The van der Waals surface area contributed by atoms with Gasteiger partial charge in [-0.1, -0.05) is 19.1 Å². The van der Waals surface area contributed by atoms with Crippen LogP contribution in [0, 0.1) is 6.92 Å². The first-order chi connectivity index (χ1) is 13.6. The third-order valence-corrected chi connectivity index (χ3v) is 4.61. The van der Waals surface area contributed by atoms with Gasteiger partial charge in [0.25, 0.3) is 11.8 Å². The zero-order valence-corrected chi connectivity index (χ0v) is 18.0. The van der Waals surface area contributed by atoms with E-state index in [1.165, 1.54) is 5.01 Å². The van der Waals surface area contributed by atoms with E-state index in [1.54, 1.807) is 31.4 Å². The average Bonchev–Trinajstić information content (AvgIpc) is 2.69. The van der Waals surface area contributed by atoms with Gasteiger partial charge in [-0.15, -0.1) is 0 Å². The van der Waals surface area contributed by atoms with Crippen molar-refractivity contribution in [1.82, 2.24) is 10.4 Å². The van der Waals surface area contributed by atoms with Gasteiger partial charge in [0, 0.05) is 16.7 Å². The molecule has 156 valence electrons. The largest absolute Gasteiger partial charge is 0.496 e. The quantitative estimate of drug-likeness (QED) is 0.754. The molecule has 6 nitrogen and oxygen atoms in total. The van der Waals surface area contributed by atoms with Crippen LogP contribution in [0.15, 0.2) is 36.4 Å². The number of hydrogen-bond acceptors (Lipinski definition) is 4. The molecule has 2 aromatic rings. The van der Waals surface area contributed by atoms with E-state index < -0.39 is 5.54 Å². The van der Waals surface area contributed by atoms with Crippen molar-refractivity contribution in [2.45, 2.75) is 53.2 Å². The van der Waals surface area contributed by atoms with Crippen LogP contribution in [-0.4, -0.2) is 34.6 Å². The van der Waals surface area contributed by atoms with Crippen molar-refractivity contribution < 1.29 is 19.4 Å². The van der Waals surface area contributed by atoms with Gasteiger partial charge in [0.15, 0.2) is 0 Å². The van der Waals surface area contributed by atoms with Gasteiger partial charge in [-0.25, -0.2) is 5.01 Å². The summed E-state index contributed by atoms with van der Waals surface area (Å²) in [5.74, 6) is -0.0793. The topological polar surface area (TPSA) is 78.9 Å². The lowest BCUT2D eigenvalue weighted by Crippen LogP contribution is -2.56. The normalized spacial score (nSPS) is 11.1. The van der Waals surface area contributed by atoms with Crippen molar-refractivity contribution in [3.05, 3.63) is 64.2 Å². The highest BCUT2D eigenvalue weighted by Gasteiger charge is 2.30. The molecule has 0 aliphatic heterocycles. The number of carbonyl (C=O) groups is 2. The minimum Gasteiger partial charge on any atom is -0.496 e. The van der Waals surface area contributed by atoms with Crippen molar-refractivity contribution in [3.8, 4) is 5.75 Å². The number of amides is 2. The van der Waals surface area contributed by atoms with E-state index in [9.17, 15) is 14.7 Å². The monoisotopic (exact) mass is 398 g/mol. The number of carbonyl (C=O) groups excluding carboxylic acids is 2. The van der Waals surface area contributed by atoms with Crippen molar-refractivity contribution in [1.29, 1.82) is 0 Å². The highest BCUT2D eigenvalue weighted by atomic mass is 16.5. The number of aryl methyl sites for hydroxylation is 1. The molecule has 29 heavy (non-hydrogen) atoms. The standard InChI is InChI=1S/C23H30N2O4/c1-7-18-19(9-8-10-20(18)29-6)21(27)24-25(23(3,4)5)22(28)17-12-15(2)11-16(13-17)14-26/h8-13,26H,7,14H2,1-6H3,(H,24,27). The predicted octanol–water partition coefficient (Wildman–Crippen LogP) is 3.64. The molecule has 2 aromatic carbocycles. The SMILES string of the molecule is CCc1c(OC)cccc1C(=O)NN(C(=O)c1cc(C)cc(CO)c1)C(C)(C)C. The number of methoxy groups -OCH3 is 1. The van der Waals surface area contributed by atoms with E-state index in [0.29, 0.717) is 28.9 Å². The molecule has 0 aromatic heterocycles. The summed E-state index contributed by atoms with van der Waals surface area (Å²) in [6, 6.07) is 10.5. The first kappa shape index (κ1) is 22.4. The number of aliphatic hydroxyl groups excluding tert-OH is 1. The lowest BCUT2D eigenvalue weighted by atomic mass is 10.0. The maximum absolute atomic E-state index is 13.3. The maximum atomic E-state index is 13.3. The fourth-order valence-corrected chi connectivity index (χ4v) is 3.23. The van der Waals surface area contributed by atoms with E-state index in [4.69, 9.17) is 4.74 Å². The highest BCUT2D eigenvalue weighted by Crippen LogP contribution is 2.24. The van der Waals surface area contributed by atoms with Gasteiger partial charge in [-0.05, 0) is 69.5 Å². The fraction of sp³-hybridized carbons (Fsp3) is 0.391. The number of hydrazine groups is 1. The van der Waals surface area contributed by atoms with E-state index in [0.717, 1.165) is 11.1 Å². The molecule has 2 amide bonds. The second-order valence-electron chi connectivity index (χ2n) is 7.96. The number of nitrogens with zero attached hydrogens (tertiary/aromatic N) is 1. The Labute approximate surface area is 172 Å². The number of ether oxygens (including phenoxy) is 1. The first-order valence-electron chi connectivity index (χ1n) is 9.65. The van der Waals surface area contributed by atoms with E-state index in [-0.39, 0.29) is 18.4 Å². The lowest BCUT2D eigenvalue weighted by Gasteiger charge is -2.36. The van der Waals surface area contributed by atoms with Crippen LogP contribution in [0.5, 0.6) is 5.75 Å². The summed E-state index contributed by atoms with van der Waals surface area (Å²) in [4.78, 5) is 26.3. The van der Waals surface area contributed by atoms with Gasteiger partial charge < -0.3 is 9.84 Å². The Hall–Kier alpha value is -2.86. The van der Waals surface area contributed by atoms with Gasteiger partial charge in [-0.3, -0.25) is 15.0 Å². The van der Waals surface area contributed by atoms with Crippen LogP contribution < -0.4 is 10.2 Å². The van der Waals surface area contributed by atoms with Crippen LogP contribution in [0.1, 0.15) is 65.1 Å². The van der Waals surface area contributed by atoms with Crippen LogP contribution in [0.2, 0.25) is 0 Å². The summed E-state index contributed by atoms with van der Waals surface area (Å²) in [6.45, 7) is 9.19. The summed E-state index contributed by atoms with van der Waals surface area (Å²) in [5, 5.41) is 10.8. The molecule has 0 radical (unpaired) electrons. The Bertz CT molecular complexity index is 900. The molecule has 2 N–H and O–H groups in total. The average molecular weight is 399 g/mol. The number of nitrogens with one attached hydrogen (secondary N) is 1. The van der Waals surface area contributed by atoms with Crippen LogP contribution in [-0.2, 0) is 13.0 Å². The Morgan fingerprint density at radius 2 is 1.86 bits per heavy atom. The molecule has 0 saturated carbocycles. The number of rotatable bonds is 5. The molecule has 0 fully saturated rings. The number of aliphatic hydroxyl groups is 1. The number of benzene rings is 2. The summed E-state index contributed by atoms with van der Waals surface area (Å²) in [5.41, 5.74) is 5.28. The van der Waals surface area contributed by atoms with Gasteiger partial charge in [0.05, 0.1) is 19.3 Å². The first-order valence-corrected chi connectivity index (χ1v) is 9.65. The molecule has 6 heteroatoms. The molecule has 0 saturated heterocycles.